The smallest absolute Gasteiger partial charge is 0.321 e. The van der Waals surface area contributed by atoms with Crippen LogP contribution in [0, 0.1) is 0 Å². The van der Waals surface area contributed by atoms with Gasteiger partial charge in [-0.25, -0.2) is 9.97 Å². The van der Waals surface area contributed by atoms with E-state index in [0.717, 1.165) is 25.2 Å². The lowest BCUT2D eigenvalue weighted by molar-refractivity contribution is 0.439. The fraction of sp³-hybridized carbons (Fsp3) is 0.417. The van der Waals surface area contributed by atoms with Crippen LogP contribution < -0.4 is 10.1 Å². The molecule has 0 aliphatic heterocycles. The summed E-state index contributed by atoms with van der Waals surface area (Å²) in [4.78, 5) is 8.30. The van der Waals surface area contributed by atoms with Gasteiger partial charge in [-0.15, -0.1) is 0 Å². The van der Waals surface area contributed by atoms with Gasteiger partial charge < -0.3 is 10.1 Å². The highest BCUT2D eigenvalue weighted by atomic mass is 16.5. The molecule has 0 aliphatic rings. The molecule has 0 unspecified atom stereocenters. The molecular weight excluding hydrogens is 230 g/mol. The van der Waals surface area contributed by atoms with Crippen LogP contribution in [0.1, 0.15) is 19.4 Å². The van der Waals surface area contributed by atoms with Crippen molar-refractivity contribution in [1.82, 2.24) is 25.1 Å². The van der Waals surface area contributed by atoms with E-state index in [-0.39, 0.29) is 0 Å². The number of aryl methyl sites for hydroxylation is 1. The second kappa shape index (κ2) is 6.11. The molecule has 2 aromatic heterocycles. The average molecular weight is 247 g/mol. The van der Waals surface area contributed by atoms with E-state index < -0.39 is 0 Å². The molecule has 0 bridgehead atoms. The number of hydrogen-bond acceptors (Lipinski definition) is 5. The number of aromatic nitrogens is 4. The van der Waals surface area contributed by atoms with Gasteiger partial charge in [-0.2, -0.15) is 5.10 Å². The molecule has 0 radical (unpaired) electrons. The van der Waals surface area contributed by atoms with Crippen LogP contribution in [-0.4, -0.2) is 26.3 Å². The minimum Gasteiger partial charge on any atom is -0.421 e. The number of ether oxygens (including phenoxy) is 1. The highest BCUT2D eigenvalue weighted by molar-refractivity contribution is 5.17. The van der Waals surface area contributed by atoms with Crippen LogP contribution in [0.4, 0.5) is 0 Å². The van der Waals surface area contributed by atoms with Crippen molar-refractivity contribution in [3.8, 4) is 11.8 Å². The van der Waals surface area contributed by atoms with Crippen LogP contribution in [0.5, 0.6) is 11.8 Å². The van der Waals surface area contributed by atoms with Crippen LogP contribution in [0.2, 0.25) is 0 Å². The lowest BCUT2D eigenvalue weighted by Gasteiger charge is -2.03. The van der Waals surface area contributed by atoms with Gasteiger partial charge >= 0.3 is 6.01 Å². The van der Waals surface area contributed by atoms with Crippen LogP contribution in [-0.2, 0) is 13.1 Å². The van der Waals surface area contributed by atoms with E-state index in [4.69, 9.17) is 4.74 Å². The summed E-state index contributed by atoms with van der Waals surface area (Å²) in [5.74, 6) is 0.649. The molecule has 1 N–H and O–H groups in total. The van der Waals surface area contributed by atoms with Crippen LogP contribution in [0.25, 0.3) is 0 Å². The number of nitrogens with zero attached hydrogens (tertiary/aromatic N) is 4. The Balaban J connectivity index is 1.97. The maximum atomic E-state index is 5.49. The van der Waals surface area contributed by atoms with Crippen LogP contribution >= 0.6 is 0 Å². The highest BCUT2D eigenvalue weighted by Crippen LogP contribution is 2.15. The minimum atomic E-state index is 0.339. The Bertz CT molecular complexity index is 479. The van der Waals surface area contributed by atoms with Gasteiger partial charge in [-0.05, 0) is 13.5 Å². The molecule has 0 saturated carbocycles. The quantitative estimate of drug-likeness (QED) is 0.839. The maximum Gasteiger partial charge on any atom is 0.321 e. The maximum absolute atomic E-state index is 5.49. The van der Waals surface area contributed by atoms with Crippen molar-refractivity contribution in [2.45, 2.75) is 26.9 Å². The number of nitrogens with one attached hydrogen (secondary N) is 1. The van der Waals surface area contributed by atoms with Crippen molar-refractivity contribution >= 4 is 0 Å². The summed E-state index contributed by atoms with van der Waals surface area (Å²) in [6, 6.07) is 0.339. The molecule has 0 atom stereocenters. The number of hydrogen-bond donors (Lipinski definition) is 1. The molecule has 18 heavy (non-hydrogen) atoms. The van der Waals surface area contributed by atoms with Gasteiger partial charge in [0.05, 0.1) is 12.4 Å². The predicted molar refractivity (Wildman–Crippen MR) is 67.4 cm³/mol. The van der Waals surface area contributed by atoms with Crippen molar-refractivity contribution < 1.29 is 4.74 Å². The van der Waals surface area contributed by atoms with E-state index in [1.807, 2.05) is 13.1 Å². The summed E-state index contributed by atoms with van der Waals surface area (Å²) in [7, 11) is 0. The van der Waals surface area contributed by atoms with Crippen LogP contribution in [0.3, 0.4) is 0 Å². The zero-order valence-electron chi connectivity index (χ0n) is 10.6. The Labute approximate surface area is 106 Å². The second-order valence-electron chi connectivity index (χ2n) is 3.79. The van der Waals surface area contributed by atoms with Crippen LogP contribution in [0.15, 0.2) is 24.8 Å². The molecule has 0 spiro atoms. The molecular formula is C12H17N5O. The van der Waals surface area contributed by atoms with Crippen molar-refractivity contribution in [3.63, 3.8) is 0 Å². The van der Waals surface area contributed by atoms with Gasteiger partial charge in [0.15, 0.2) is 5.75 Å². The van der Waals surface area contributed by atoms with Gasteiger partial charge in [0.2, 0.25) is 0 Å². The molecule has 0 amide bonds. The average Bonchev–Trinajstić information content (AvgIpc) is 2.86. The Morgan fingerprint density at radius 3 is 2.61 bits per heavy atom. The Kier molecular flexibility index (Phi) is 4.25. The highest BCUT2D eigenvalue weighted by Gasteiger charge is 2.03. The fourth-order valence-corrected chi connectivity index (χ4v) is 1.43. The topological polar surface area (TPSA) is 64.9 Å². The molecule has 0 aromatic carbocycles. The van der Waals surface area contributed by atoms with Gasteiger partial charge in [0.25, 0.3) is 0 Å². The molecule has 2 rings (SSSR count). The molecule has 0 aliphatic carbocycles. The third kappa shape index (κ3) is 3.27. The fourth-order valence-electron chi connectivity index (χ4n) is 1.43. The Morgan fingerprint density at radius 2 is 2.00 bits per heavy atom. The molecule has 6 heteroatoms. The summed E-state index contributed by atoms with van der Waals surface area (Å²) < 4.78 is 7.28. The van der Waals surface area contributed by atoms with Gasteiger partial charge in [0, 0.05) is 31.0 Å². The lowest BCUT2D eigenvalue weighted by Crippen LogP contribution is -2.12. The molecule has 96 valence electrons. The minimum absolute atomic E-state index is 0.339. The predicted octanol–water partition coefficient (Wildman–Crippen LogP) is 1.59. The first kappa shape index (κ1) is 12.5. The summed E-state index contributed by atoms with van der Waals surface area (Å²) in [6.45, 7) is 6.58. The molecule has 0 fully saturated rings. The van der Waals surface area contributed by atoms with Gasteiger partial charge in [-0.3, -0.25) is 4.68 Å². The van der Waals surface area contributed by atoms with Crippen molar-refractivity contribution in [2.75, 3.05) is 6.54 Å². The zero-order valence-corrected chi connectivity index (χ0v) is 10.6. The lowest BCUT2D eigenvalue weighted by atomic mass is 10.3. The van der Waals surface area contributed by atoms with E-state index in [9.17, 15) is 0 Å². The van der Waals surface area contributed by atoms with Gasteiger partial charge in [0.1, 0.15) is 0 Å². The first-order chi connectivity index (χ1) is 8.81. The molecule has 6 nitrogen and oxygen atoms in total. The molecule has 2 aromatic rings. The van der Waals surface area contributed by atoms with E-state index in [1.165, 1.54) is 0 Å². The van der Waals surface area contributed by atoms with E-state index in [2.05, 4.69) is 27.3 Å². The summed E-state index contributed by atoms with van der Waals surface area (Å²) in [5, 5.41) is 7.33. The van der Waals surface area contributed by atoms with Crippen molar-refractivity contribution in [3.05, 3.63) is 30.4 Å². The van der Waals surface area contributed by atoms with Crippen molar-refractivity contribution in [2.24, 2.45) is 0 Å². The SMILES string of the molecule is CCNCc1cnc(Oc2cnn(CC)c2)nc1. The summed E-state index contributed by atoms with van der Waals surface area (Å²) in [6.07, 6.45) is 6.99. The second-order valence-corrected chi connectivity index (χ2v) is 3.79. The molecule has 2 heterocycles. The largest absolute Gasteiger partial charge is 0.421 e. The first-order valence-corrected chi connectivity index (χ1v) is 6.03. The number of rotatable bonds is 6. The van der Waals surface area contributed by atoms with E-state index in [0.29, 0.717) is 11.8 Å². The molecule has 0 saturated heterocycles. The zero-order chi connectivity index (χ0) is 12.8. The van der Waals surface area contributed by atoms with E-state index >= 15 is 0 Å². The van der Waals surface area contributed by atoms with Gasteiger partial charge in [-0.1, -0.05) is 6.92 Å². The standard InChI is InChI=1S/C12H17N5O/c1-3-13-5-10-6-14-12(15-7-10)18-11-8-16-17(4-2)9-11/h6-9,13H,3-5H2,1-2H3. The Hall–Kier alpha value is -1.95. The summed E-state index contributed by atoms with van der Waals surface area (Å²) >= 11 is 0. The normalized spacial score (nSPS) is 10.6. The first-order valence-electron chi connectivity index (χ1n) is 6.03. The van der Waals surface area contributed by atoms with E-state index in [1.54, 1.807) is 23.3 Å². The monoisotopic (exact) mass is 247 g/mol. The Morgan fingerprint density at radius 1 is 1.22 bits per heavy atom. The summed E-state index contributed by atoms with van der Waals surface area (Å²) in [5.41, 5.74) is 1.04. The third-order valence-electron chi connectivity index (χ3n) is 2.40. The third-order valence-corrected chi connectivity index (χ3v) is 2.40. The van der Waals surface area contributed by atoms with Crippen molar-refractivity contribution in [1.29, 1.82) is 0 Å².